The number of imidazole rings is 1. The number of hydrogen-bond donors (Lipinski definition) is 4. The Labute approximate surface area is 295 Å². The van der Waals surface area contributed by atoms with Gasteiger partial charge in [-0.15, -0.1) is 0 Å². The highest BCUT2D eigenvalue weighted by molar-refractivity contribution is 7.91. The summed E-state index contributed by atoms with van der Waals surface area (Å²) in [6.07, 6.45) is 8.05. The molecule has 4 heterocycles. The third kappa shape index (κ3) is 6.49. The molecule has 51 heavy (non-hydrogen) atoms. The molecule has 7 atom stereocenters. The van der Waals surface area contributed by atoms with Crippen molar-refractivity contribution in [1.29, 1.82) is 0 Å². The molecule has 4 amide bonds. The van der Waals surface area contributed by atoms with Crippen LogP contribution in [0.2, 0.25) is 0 Å². The van der Waals surface area contributed by atoms with Crippen LogP contribution in [0.25, 0.3) is 16.7 Å². The van der Waals surface area contributed by atoms with E-state index in [1.165, 1.54) is 4.90 Å². The first-order valence-corrected chi connectivity index (χ1v) is 18.9. The molecule has 4 aliphatic rings. The Morgan fingerprint density at radius 2 is 1.90 bits per heavy atom. The Kier molecular flexibility index (Phi) is 8.71. The normalized spacial score (nSPS) is 31.4. The van der Waals surface area contributed by atoms with Crippen LogP contribution in [0.4, 0.5) is 4.79 Å². The van der Waals surface area contributed by atoms with Crippen molar-refractivity contribution in [2.45, 2.75) is 94.2 Å². The molecule has 1 saturated heterocycles. The van der Waals surface area contributed by atoms with Gasteiger partial charge in [-0.2, -0.15) is 4.98 Å². The zero-order chi connectivity index (χ0) is 36.3. The number of rotatable bonds is 6. The summed E-state index contributed by atoms with van der Waals surface area (Å²) in [5.74, 6) is -2.16. The van der Waals surface area contributed by atoms with Gasteiger partial charge in [0.25, 0.3) is 5.91 Å². The lowest BCUT2D eigenvalue weighted by atomic mass is 9.88. The minimum Gasteiger partial charge on any atom is -0.472 e. The van der Waals surface area contributed by atoms with Gasteiger partial charge in [-0.25, -0.2) is 18.2 Å². The molecule has 2 saturated carbocycles. The number of nitrogens with one attached hydrogen (secondary N) is 3. The van der Waals surface area contributed by atoms with Crippen LogP contribution in [0.5, 0.6) is 5.88 Å². The summed E-state index contributed by atoms with van der Waals surface area (Å²) in [6.45, 7) is 5.35. The third-order valence-corrected chi connectivity index (χ3v) is 13.2. The van der Waals surface area contributed by atoms with Crippen molar-refractivity contribution in [2.75, 3.05) is 6.54 Å². The van der Waals surface area contributed by atoms with Gasteiger partial charge in [-0.3, -0.25) is 23.5 Å². The second kappa shape index (κ2) is 12.8. The number of carbonyl (C=O) groups excluding carboxylic acids is 3. The molecular weight excluding hydrogens is 678 g/mol. The molecule has 16 heteroatoms. The van der Waals surface area contributed by atoms with Crippen molar-refractivity contribution in [3.8, 4) is 5.88 Å². The topological polar surface area (TPSA) is 201 Å². The van der Waals surface area contributed by atoms with Crippen LogP contribution < -0.4 is 20.1 Å². The van der Waals surface area contributed by atoms with Gasteiger partial charge in [0.15, 0.2) is 0 Å². The summed E-state index contributed by atoms with van der Waals surface area (Å²) < 4.78 is 35.7. The van der Waals surface area contributed by atoms with Gasteiger partial charge in [0.05, 0.1) is 22.2 Å². The van der Waals surface area contributed by atoms with Crippen molar-refractivity contribution < 1.29 is 37.4 Å². The number of carbonyl (C=O) groups is 4. The maximum absolute atomic E-state index is 14.4. The molecule has 2 aromatic heterocycles. The molecule has 0 bridgehead atoms. The second-order valence-electron chi connectivity index (χ2n) is 14.9. The zero-order valence-corrected chi connectivity index (χ0v) is 29.6. The first kappa shape index (κ1) is 34.7. The van der Waals surface area contributed by atoms with Gasteiger partial charge in [0.1, 0.15) is 23.7 Å². The van der Waals surface area contributed by atoms with Crippen LogP contribution in [-0.4, -0.2) is 91.6 Å². The quantitative estimate of drug-likeness (QED) is 0.274. The van der Waals surface area contributed by atoms with Gasteiger partial charge < -0.3 is 25.4 Å². The average molecular weight is 722 g/mol. The lowest BCUT2D eigenvalue weighted by molar-refractivity contribution is -0.142. The molecule has 2 aliphatic carbocycles. The number of fused-ring (bicyclic) bond motifs is 5. The number of carboxylic acid groups (broad SMARTS) is 1. The molecule has 0 radical (unpaired) electrons. The number of aromatic nitrogens is 3. The fourth-order valence-electron chi connectivity index (χ4n) is 7.56. The van der Waals surface area contributed by atoms with Crippen LogP contribution in [0.15, 0.2) is 48.8 Å². The van der Waals surface area contributed by atoms with Crippen molar-refractivity contribution in [3.63, 3.8) is 0 Å². The van der Waals surface area contributed by atoms with Gasteiger partial charge in [-0.1, -0.05) is 38.1 Å². The number of nitrogens with zero attached hydrogens (tertiary/aromatic N) is 4. The molecule has 1 aromatic carbocycles. The Balaban J connectivity index is 1.23. The first-order valence-electron chi connectivity index (χ1n) is 17.5. The van der Waals surface area contributed by atoms with Crippen molar-refractivity contribution in [3.05, 3.63) is 48.8 Å². The minimum absolute atomic E-state index is 0.00630. The van der Waals surface area contributed by atoms with E-state index in [9.17, 15) is 32.7 Å². The van der Waals surface area contributed by atoms with Gasteiger partial charge in [0, 0.05) is 24.7 Å². The van der Waals surface area contributed by atoms with E-state index in [1.54, 1.807) is 19.3 Å². The largest absolute Gasteiger partial charge is 0.472 e. The fourth-order valence-corrected chi connectivity index (χ4v) is 8.87. The van der Waals surface area contributed by atoms with Crippen molar-refractivity contribution in [1.82, 2.24) is 34.6 Å². The Bertz CT molecular complexity index is 2050. The summed E-state index contributed by atoms with van der Waals surface area (Å²) in [4.78, 5) is 64.7. The van der Waals surface area contributed by atoms with Crippen LogP contribution in [-0.2, 0) is 24.4 Å². The highest BCUT2D eigenvalue weighted by atomic mass is 32.2. The number of ether oxygens (including phenoxy) is 1. The highest BCUT2D eigenvalue weighted by Gasteiger charge is 2.63. The van der Waals surface area contributed by atoms with Crippen LogP contribution in [0, 0.1) is 17.8 Å². The Morgan fingerprint density at radius 1 is 1.14 bits per heavy atom. The lowest BCUT2D eigenvalue weighted by Crippen LogP contribution is -2.59. The summed E-state index contributed by atoms with van der Waals surface area (Å²) in [5, 5.41) is 15.7. The summed E-state index contributed by atoms with van der Waals surface area (Å²) in [5.41, 5.74) is -0.748. The number of hydrogen-bond acceptors (Lipinski definition) is 9. The molecule has 3 fully saturated rings. The van der Waals surface area contributed by atoms with E-state index in [1.807, 2.05) is 54.7 Å². The van der Waals surface area contributed by atoms with E-state index in [0.717, 1.165) is 11.9 Å². The standard InChI is InChI=1S/C35H43N7O8S/c1-20-8-4-5-9-22-18-35(22,31(45)40-51(48,49)34(3)12-13-34)39-28(43)26-17-23(19-42(26)30(44)27(21(2)16-20)37-33(46)47)50-29-24-10-6-7-11-25(24)41-15-14-36-32(41)38-29/h5-7,9-11,14-15,20-23,26-27,37H,4,8,12-13,16-19H2,1-3H3,(H,39,43)(H,40,45)(H,46,47)/b9-5-/t20-,21-,22-,23-,26+,27+,35-/m1/s1. The smallest absolute Gasteiger partial charge is 0.405 e. The SMILES string of the molecule is C[C@@H]1CC/C=C\[C@@H]2C[C@@]2(C(=O)NS(=O)(=O)C2(C)CC2)NC(=O)[C@@H]2C[C@@H](Oc3nc4nccn4c4ccccc34)CN2C(=O)[C@@H](NC(=O)O)[C@H](C)C1. The van der Waals surface area contributed by atoms with E-state index in [-0.39, 0.29) is 31.2 Å². The molecule has 0 spiro atoms. The Hall–Kier alpha value is -4.73. The molecule has 3 aromatic rings. The monoisotopic (exact) mass is 721 g/mol. The van der Waals surface area contributed by atoms with E-state index in [0.29, 0.717) is 36.8 Å². The predicted molar refractivity (Wildman–Crippen MR) is 185 cm³/mol. The number of allylic oxidation sites excluding steroid dienone is 1. The Morgan fingerprint density at radius 3 is 2.65 bits per heavy atom. The molecule has 7 rings (SSSR count). The molecule has 0 unspecified atom stereocenters. The summed E-state index contributed by atoms with van der Waals surface area (Å²) in [6, 6.07) is 5.14. The first-order chi connectivity index (χ1) is 24.2. The number of benzene rings is 1. The van der Waals surface area contributed by atoms with Gasteiger partial charge in [-0.05, 0) is 69.4 Å². The minimum atomic E-state index is -4.00. The average Bonchev–Trinajstić information content (AvgIpc) is 3.86. The van der Waals surface area contributed by atoms with Gasteiger partial charge >= 0.3 is 6.09 Å². The summed E-state index contributed by atoms with van der Waals surface area (Å²) in [7, 11) is -4.00. The maximum Gasteiger partial charge on any atom is 0.405 e. The molecule has 2 aliphatic heterocycles. The molecule has 4 N–H and O–H groups in total. The van der Waals surface area contributed by atoms with E-state index >= 15 is 0 Å². The van der Waals surface area contributed by atoms with E-state index in [4.69, 9.17) is 4.74 Å². The number of amides is 4. The summed E-state index contributed by atoms with van der Waals surface area (Å²) >= 11 is 0. The maximum atomic E-state index is 14.4. The van der Waals surface area contributed by atoms with E-state index < -0.39 is 74.1 Å². The lowest BCUT2D eigenvalue weighted by Gasteiger charge is -2.32. The van der Waals surface area contributed by atoms with Crippen LogP contribution in [0.1, 0.15) is 65.7 Å². The second-order valence-corrected chi connectivity index (χ2v) is 17.1. The van der Waals surface area contributed by atoms with Crippen molar-refractivity contribution >= 4 is 50.5 Å². The number of para-hydroxylation sites is 1. The van der Waals surface area contributed by atoms with Crippen molar-refractivity contribution in [2.24, 2.45) is 17.8 Å². The molecule has 272 valence electrons. The van der Waals surface area contributed by atoms with Crippen LogP contribution in [0.3, 0.4) is 0 Å². The predicted octanol–water partition coefficient (Wildman–Crippen LogP) is 2.75. The number of sulfonamides is 1. The van der Waals surface area contributed by atoms with Crippen LogP contribution >= 0.6 is 0 Å². The third-order valence-electron chi connectivity index (χ3n) is 11.0. The van der Waals surface area contributed by atoms with Gasteiger partial charge in [0.2, 0.25) is 33.5 Å². The highest BCUT2D eigenvalue weighted by Crippen LogP contribution is 2.47. The fraction of sp³-hybridized carbons (Fsp3) is 0.543. The zero-order valence-electron chi connectivity index (χ0n) is 28.7. The molecule has 15 nitrogen and oxygen atoms in total. The molecular formula is C35H43N7O8S. The van der Waals surface area contributed by atoms with E-state index in [2.05, 4.69) is 25.3 Å².